The summed E-state index contributed by atoms with van der Waals surface area (Å²) in [6, 6.07) is 18.4. The zero-order valence-corrected chi connectivity index (χ0v) is 13.2. The summed E-state index contributed by atoms with van der Waals surface area (Å²) in [5, 5.41) is 10.6. The lowest BCUT2D eigenvalue weighted by Crippen LogP contribution is -3.13. The lowest BCUT2D eigenvalue weighted by Gasteiger charge is -2.33. The maximum atomic E-state index is 10.6. The molecule has 23 heavy (non-hydrogen) atoms. The minimum atomic E-state index is -1.03. The van der Waals surface area contributed by atoms with Crippen LogP contribution >= 0.6 is 0 Å². The maximum Gasteiger partial charge on any atom is 0.103 e. The van der Waals surface area contributed by atoms with Crippen LogP contribution in [0.4, 0.5) is 5.69 Å². The Balaban J connectivity index is 1.51. The van der Waals surface area contributed by atoms with Gasteiger partial charge in [0.15, 0.2) is 0 Å². The fourth-order valence-electron chi connectivity index (χ4n) is 3.13. The quantitative estimate of drug-likeness (QED) is 0.838. The fraction of sp³-hybridized carbons (Fsp3) is 0.316. The molecule has 0 aliphatic carbocycles. The van der Waals surface area contributed by atoms with Crippen molar-refractivity contribution in [2.75, 3.05) is 31.1 Å². The Morgan fingerprint density at radius 3 is 2.17 bits per heavy atom. The average molecular weight is 310 g/mol. The number of nitrogens with one attached hydrogen (secondary N) is 1. The van der Waals surface area contributed by atoms with Gasteiger partial charge in [-0.3, -0.25) is 0 Å². The standard InChI is InChI=1S/C19H22N2O2/c22-19(23)14-16-6-8-17(9-7-16)15-20-10-12-21(13-11-20)18-4-2-1-3-5-18/h1-9H,10-15H2,(H,22,23). The fourth-order valence-corrected chi connectivity index (χ4v) is 3.13. The SMILES string of the molecule is O=C([O-])Cc1ccc(C[NH+]2CCN(c3ccccc3)CC2)cc1. The van der Waals surface area contributed by atoms with Gasteiger partial charge >= 0.3 is 0 Å². The van der Waals surface area contributed by atoms with Crippen LogP contribution in [0.2, 0.25) is 0 Å². The molecule has 0 saturated carbocycles. The molecule has 4 heteroatoms. The Kier molecular flexibility index (Phi) is 4.93. The normalized spacial score (nSPS) is 15.6. The van der Waals surface area contributed by atoms with Gasteiger partial charge in [0, 0.05) is 23.6 Å². The highest BCUT2D eigenvalue weighted by Crippen LogP contribution is 2.12. The molecule has 0 radical (unpaired) electrons. The van der Waals surface area contributed by atoms with E-state index in [9.17, 15) is 9.90 Å². The van der Waals surface area contributed by atoms with E-state index in [1.165, 1.54) is 11.3 Å². The summed E-state index contributed by atoms with van der Waals surface area (Å²) < 4.78 is 0. The van der Waals surface area contributed by atoms with Gasteiger partial charge in [-0.05, 0) is 17.7 Å². The van der Waals surface area contributed by atoms with E-state index >= 15 is 0 Å². The molecule has 1 N–H and O–H groups in total. The number of carboxylic acids is 1. The molecule has 120 valence electrons. The molecule has 1 heterocycles. The number of para-hydroxylation sites is 1. The molecule has 2 aromatic carbocycles. The van der Waals surface area contributed by atoms with Crippen LogP contribution in [0.3, 0.4) is 0 Å². The number of benzene rings is 2. The number of aliphatic carboxylic acids is 1. The highest BCUT2D eigenvalue weighted by atomic mass is 16.4. The van der Waals surface area contributed by atoms with Crippen LogP contribution in [0.15, 0.2) is 54.6 Å². The zero-order chi connectivity index (χ0) is 16.1. The van der Waals surface area contributed by atoms with E-state index in [1.54, 1.807) is 4.90 Å². The molecule has 0 unspecified atom stereocenters. The molecule has 2 aromatic rings. The van der Waals surface area contributed by atoms with E-state index in [2.05, 4.69) is 35.2 Å². The summed E-state index contributed by atoms with van der Waals surface area (Å²) in [5.74, 6) is -1.03. The second kappa shape index (κ2) is 7.29. The Morgan fingerprint density at radius 2 is 1.57 bits per heavy atom. The van der Waals surface area contributed by atoms with Crippen molar-refractivity contribution in [1.29, 1.82) is 0 Å². The molecular formula is C19H22N2O2. The average Bonchev–Trinajstić information content (AvgIpc) is 2.58. The molecule has 3 rings (SSSR count). The van der Waals surface area contributed by atoms with Gasteiger partial charge in [-0.2, -0.15) is 0 Å². The minimum Gasteiger partial charge on any atom is -0.550 e. The molecule has 0 aromatic heterocycles. The van der Waals surface area contributed by atoms with E-state index in [0.717, 1.165) is 38.3 Å². The molecule has 1 aliphatic rings. The number of quaternary nitrogens is 1. The molecular weight excluding hydrogens is 288 g/mol. The van der Waals surface area contributed by atoms with Crippen molar-refractivity contribution in [1.82, 2.24) is 0 Å². The number of hydrogen-bond acceptors (Lipinski definition) is 3. The summed E-state index contributed by atoms with van der Waals surface area (Å²) in [6.07, 6.45) is -0.0110. The van der Waals surface area contributed by atoms with Crippen molar-refractivity contribution in [3.05, 3.63) is 65.7 Å². The Hall–Kier alpha value is -2.33. The number of nitrogens with zero attached hydrogens (tertiary/aromatic N) is 1. The van der Waals surface area contributed by atoms with Crippen LogP contribution < -0.4 is 14.9 Å². The van der Waals surface area contributed by atoms with Gasteiger partial charge < -0.3 is 19.7 Å². The number of carbonyl (C=O) groups excluding carboxylic acids is 1. The van der Waals surface area contributed by atoms with E-state index in [-0.39, 0.29) is 6.42 Å². The first-order valence-corrected chi connectivity index (χ1v) is 8.12. The van der Waals surface area contributed by atoms with Crippen LogP contribution in [0.5, 0.6) is 0 Å². The van der Waals surface area contributed by atoms with Crippen molar-refractivity contribution in [2.24, 2.45) is 0 Å². The third-order valence-electron chi connectivity index (χ3n) is 4.42. The second-order valence-corrected chi connectivity index (χ2v) is 6.11. The maximum absolute atomic E-state index is 10.6. The Morgan fingerprint density at radius 1 is 0.957 bits per heavy atom. The van der Waals surface area contributed by atoms with Gasteiger partial charge in [0.05, 0.1) is 26.2 Å². The predicted octanol–water partition coefficient (Wildman–Crippen LogP) is -0.116. The highest BCUT2D eigenvalue weighted by molar-refractivity contribution is 5.67. The summed E-state index contributed by atoms with van der Waals surface area (Å²) in [5.41, 5.74) is 3.37. The largest absolute Gasteiger partial charge is 0.550 e. The van der Waals surface area contributed by atoms with E-state index in [1.807, 2.05) is 24.3 Å². The number of rotatable bonds is 5. The minimum absolute atomic E-state index is 0.0110. The van der Waals surface area contributed by atoms with Crippen LogP contribution in [-0.2, 0) is 17.8 Å². The summed E-state index contributed by atoms with van der Waals surface area (Å²) in [7, 11) is 0. The zero-order valence-electron chi connectivity index (χ0n) is 13.2. The van der Waals surface area contributed by atoms with Crippen LogP contribution in [-0.4, -0.2) is 32.1 Å². The first-order valence-electron chi connectivity index (χ1n) is 8.12. The Labute approximate surface area is 137 Å². The smallest absolute Gasteiger partial charge is 0.103 e. The summed E-state index contributed by atoms with van der Waals surface area (Å²) in [4.78, 5) is 14.6. The predicted molar refractivity (Wildman–Crippen MR) is 88.2 cm³/mol. The molecule has 0 spiro atoms. The van der Waals surface area contributed by atoms with Gasteiger partial charge in [-0.15, -0.1) is 0 Å². The first-order chi connectivity index (χ1) is 11.2. The molecule has 1 saturated heterocycles. The van der Waals surface area contributed by atoms with Gasteiger partial charge in [-0.25, -0.2) is 0 Å². The summed E-state index contributed by atoms with van der Waals surface area (Å²) in [6.45, 7) is 5.38. The van der Waals surface area contributed by atoms with Crippen molar-refractivity contribution < 1.29 is 14.8 Å². The third kappa shape index (κ3) is 4.33. The second-order valence-electron chi connectivity index (χ2n) is 6.11. The van der Waals surface area contributed by atoms with Gasteiger partial charge in [0.25, 0.3) is 0 Å². The van der Waals surface area contributed by atoms with E-state index in [4.69, 9.17) is 0 Å². The monoisotopic (exact) mass is 310 g/mol. The molecule has 0 amide bonds. The Bertz CT molecular complexity index is 632. The third-order valence-corrected chi connectivity index (χ3v) is 4.42. The first kappa shape index (κ1) is 15.6. The van der Waals surface area contributed by atoms with Crippen molar-refractivity contribution in [3.63, 3.8) is 0 Å². The molecule has 0 atom stereocenters. The van der Waals surface area contributed by atoms with Gasteiger partial charge in [-0.1, -0.05) is 42.5 Å². The number of hydrogen-bond donors (Lipinski definition) is 1. The summed E-state index contributed by atoms with van der Waals surface area (Å²) >= 11 is 0. The molecule has 4 nitrogen and oxygen atoms in total. The lowest BCUT2D eigenvalue weighted by molar-refractivity contribution is -0.914. The van der Waals surface area contributed by atoms with Crippen molar-refractivity contribution >= 4 is 11.7 Å². The topological polar surface area (TPSA) is 47.8 Å². The number of carbonyl (C=O) groups is 1. The number of carboxylic acid groups (broad SMARTS) is 1. The molecule has 0 bridgehead atoms. The van der Waals surface area contributed by atoms with Crippen LogP contribution in [0.1, 0.15) is 11.1 Å². The van der Waals surface area contributed by atoms with E-state index < -0.39 is 5.97 Å². The number of anilines is 1. The van der Waals surface area contributed by atoms with Crippen LogP contribution in [0.25, 0.3) is 0 Å². The van der Waals surface area contributed by atoms with Gasteiger partial charge in [0.2, 0.25) is 0 Å². The van der Waals surface area contributed by atoms with Crippen molar-refractivity contribution in [2.45, 2.75) is 13.0 Å². The van der Waals surface area contributed by atoms with Gasteiger partial charge in [0.1, 0.15) is 6.54 Å². The van der Waals surface area contributed by atoms with Crippen LogP contribution in [0, 0.1) is 0 Å². The lowest BCUT2D eigenvalue weighted by atomic mass is 10.1. The molecule has 1 fully saturated rings. The molecule has 1 aliphatic heterocycles. The van der Waals surface area contributed by atoms with E-state index in [0.29, 0.717) is 0 Å². The number of piperazine rings is 1. The van der Waals surface area contributed by atoms with Crippen molar-refractivity contribution in [3.8, 4) is 0 Å². The highest BCUT2D eigenvalue weighted by Gasteiger charge is 2.20.